The van der Waals surface area contributed by atoms with Gasteiger partial charge in [-0.3, -0.25) is 4.79 Å². The van der Waals surface area contributed by atoms with Crippen molar-refractivity contribution in [1.29, 1.82) is 0 Å². The Bertz CT molecular complexity index is 576. The molecule has 0 N–H and O–H groups in total. The topological polar surface area (TPSA) is 29.5 Å². The Balaban J connectivity index is 2.29. The van der Waals surface area contributed by atoms with E-state index in [1.807, 2.05) is 73.6 Å². The lowest BCUT2D eigenvalue weighted by atomic mass is 9.90. The van der Waals surface area contributed by atoms with Gasteiger partial charge in [0.2, 0.25) is 0 Å². The molecule has 0 saturated heterocycles. The molecule has 1 atom stereocenters. The number of benzene rings is 2. The quantitative estimate of drug-likeness (QED) is 0.762. The van der Waals surface area contributed by atoms with Crippen molar-refractivity contribution in [2.45, 2.75) is 5.92 Å². The van der Waals surface area contributed by atoms with E-state index < -0.39 is 0 Å². The van der Waals surface area contributed by atoms with Crippen LogP contribution in [0.3, 0.4) is 0 Å². The molecule has 21 heavy (non-hydrogen) atoms. The van der Waals surface area contributed by atoms with Gasteiger partial charge >= 0.3 is 0 Å². The lowest BCUT2D eigenvalue weighted by molar-refractivity contribution is 0.0945. The Morgan fingerprint density at radius 2 is 1.67 bits per heavy atom. The van der Waals surface area contributed by atoms with E-state index in [1.54, 1.807) is 7.11 Å². The number of methoxy groups -OCH3 is 1. The van der Waals surface area contributed by atoms with E-state index in [-0.39, 0.29) is 11.7 Å². The van der Waals surface area contributed by atoms with E-state index in [0.717, 1.165) is 11.3 Å². The van der Waals surface area contributed by atoms with Gasteiger partial charge < -0.3 is 9.64 Å². The molecule has 2 aromatic rings. The second-order valence-corrected chi connectivity index (χ2v) is 5.32. The van der Waals surface area contributed by atoms with E-state index in [1.165, 1.54) is 0 Å². The highest BCUT2D eigenvalue weighted by molar-refractivity contribution is 6.01. The fourth-order valence-corrected chi connectivity index (χ4v) is 2.35. The van der Waals surface area contributed by atoms with Crippen LogP contribution in [0.1, 0.15) is 21.8 Å². The molecule has 110 valence electrons. The average molecular weight is 283 g/mol. The van der Waals surface area contributed by atoms with E-state index in [9.17, 15) is 4.79 Å². The molecule has 0 fully saturated rings. The van der Waals surface area contributed by atoms with Crippen molar-refractivity contribution in [3.05, 3.63) is 65.7 Å². The van der Waals surface area contributed by atoms with Crippen molar-refractivity contribution in [3.8, 4) is 5.75 Å². The molecule has 3 nitrogen and oxygen atoms in total. The average Bonchev–Trinajstić information content (AvgIpc) is 2.53. The lowest BCUT2D eigenvalue weighted by Crippen LogP contribution is -2.26. The number of hydrogen-bond donors (Lipinski definition) is 0. The van der Waals surface area contributed by atoms with E-state index in [4.69, 9.17) is 4.74 Å². The molecule has 0 saturated carbocycles. The fraction of sp³-hybridized carbons (Fsp3) is 0.278. The summed E-state index contributed by atoms with van der Waals surface area (Å²) in [6.07, 6.45) is 0. The predicted octanol–water partition coefficient (Wildman–Crippen LogP) is 3.22. The third-order valence-corrected chi connectivity index (χ3v) is 3.44. The fourth-order valence-electron chi connectivity index (χ4n) is 2.35. The van der Waals surface area contributed by atoms with Crippen LogP contribution in [0.15, 0.2) is 54.6 Å². The number of likely N-dealkylation sites (N-methyl/N-ethyl adjacent to an activating group) is 1. The van der Waals surface area contributed by atoms with Gasteiger partial charge in [-0.1, -0.05) is 30.3 Å². The minimum Gasteiger partial charge on any atom is -0.497 e. The second kappa shape index (κ2) is 7.04. The summed E-state index contributed by atoms with van der Waals surface area (Å²) in [5.74, 6) is 0.738. The van der Waals surface area contributed by atoms with E-state index in [0.29, 0.717) is 12.1 Å². The number of nitrogens with zero attached hydrogens (tertiary/aromatic N) is 1. The van der Waals surface area contributed by atoms with Crippen molar-refractivity contribution < 1.29 is 9.53 Å². The zero-order valence-electron chi connectivity index (χ0n) is 12.7. The van der Waals surface area contributed by atoms with Crippen LogP contribution < -0.4 is 4.74 Å². The van der Waals surface area contributed by atoms with Gasteiger partial charge in [0, 0.05) is 12.1 Å². The van der Waals surface area contributed by atoms with Crippen molar-refractivity contribution in [1.82, 2.24) is 4.90 Å². The molecule has 0 heterocycles. The van der Waals surface area contributed by atoms with Crippen LogP contribution in [0, 0.1) is 0 Å². The van der Waals surface area contributed by atoms with Crippen LogP contribution >= 0.6 is 0 Å². The Morgan fingerprint density at radius 3 is 2.19 bits per heavy atom. The second-order valence-electron chi connectivity index (χ2n) is 5.32. The van der Waals surface area contributed by atoms with Crippen LogP contribution in [0.5, 0.6) is 5.75 Å². The molecular weight excluding hydrogens is 262 g/mol. The minimum absolute atomic E-state index is 0.137. The smallest absolute Gasteiger partial charge is 0.171 e. The maximum atomic E-state index is 12.8. The normalized spacial score (nSPS) is 12.2. The summed E-state index contributed by atoms with van der Waals surface area (Å²) < 4.78 is 5.14. The molecule has 0 aliphatic rings. The molecule has 0 radical (unpaired) electrons. The van der Waals surface area contributed by atoms with Crippen LogP contribution in [0.4, 0.5) is 0 Å². The first-order chi connectivity index (χ1) is 10.1. The number of rotatable bonds is 6. The third kappa shape index (κ3) is 3.92. The predicted molar refractivity (Wildman–Crippen MR) is 85.1 cm³/mol. The zero-order valence-corrected chi connectivity index (χ0v) is 12.7. The Morgan fingerprint density at radius 1 is 1.05 bits per heavy atom. The number of ketones is 1. The number of carbonyl (C=O) groups is 1. The van der Waals surface area contributed by atoms with E-state index in [2.05, 4.69) is 0 Å². The summed E-state index contributed by atoms with van der Waals surface area (Å²) in [6, 6.07) is 17.2. The monoisotopic (exact) mass is 283 g/mol. The molecule has 0 unspecified atom stereocenters. The first-order valence-corrected chi connectivity index (χ1v) is 6.99. The Kier molecular flexibility index (Phi) is 5.12. The van der Waals surface area contributed by atoms with Crippen molar-refractivity contribution in [2.24, 2.45) is 0 Å². The molecule has 3 heteroatoms. The van der Waals surface area contributed by atoms with E-state index >= 15 is 0 Å². The molecule has 0 aromatic heterocycles. The van der Waals surface area contributed by atoms with Crippen molar-refractivity contribution in [2.75, 3.05) is 27.7 Å². The minimum atomic E-state index is -0.158. The summed E-state index contributed by atoms with van der Waals surface area (Å²) in [5.41, 5.74) is 1.76. The van der Waals surface area contributed by atoms with Crippen LogP contribution in [0.2, 0.25) is 0 Å². The maximum absolute atomic E-state index is 12.8. The third-order valence-electron chi connectivity index (χ3n) is 3.44. The van der Waals surface area contributed by atoms with Gasteiger partial charge in [0.05, 0.1) is 13.0 Å². The van der Waals surface area contributed by atoms with Crippen molar-refractivity contribution >= 4 is 5.78 Å². The number of ether oxygens (including phenoxy) is 1. The molecule has 0 aliphatic heterocycles. The largest absolute Gasteiger partial charge is 0.497 e. The van der Waals surface area contributed by atoms with Crippen LogP contribution in [0.25, 0.3) is 0 Å². The summed E-state index contributed by atoms with van der Waals surface area (Å²) in [6.45, 7) is 0.689. The molecule has 2 rings (SSSR count). The summed E-state index contributed by atoms with van der Waals surface area (Å²) >= 11 is 0. The molecule has 0 spiro atoms. The summed E-state index contributed by atoms with van der Waals surface area (Å²) in [7, 11) is 5.59. The lowest BCUT2D eigenvalue weighted by Gasteiger charge is -2.20. The highest BCUT2D eigenvalue weighted by atomic mass is 16.5. The maximum Gasteiger partial charge on any atom is 0.171 e. The molecule has 2 aromatic carbocycles. The van der Waals surface area contributed by atoms with Gasteiger partial charge in [-0.25, -0.2) is 0 Å². The number of hydrogen-bond acceptors (Lipinski definition) is 3. The SMILES string of the molecule is COc1ccc(C(=O)[C@@H](CN(C)C)c2ccccc2)cc1. The molecule has 0 aliphatic carbocycles. The first kappa shape index (κ1) is 15.3. The number of carbonyl (C=O) groups excluding carboxylic acids is 1. The van der Waals surface area contributed by atoms with Crippen LogP contribution in [-0.4, -0.2) is 38.4 Å². The zero-order chi connectivity index (χ0) is 15.2. The van der Waals surface area contributed by atoms with Gasteiger partial charge in [-0.2, -0.15) is 0 Å². The van der Waals surface area contributed by atoms with Gasteiger partial charge in [-0.05, 0) is 43.9 Å². The highest BCUT2D eigenvalue weighted by Gasteiger charge is 2.22. The summed E-state index contributed by atoms with van der Waals surface area (Å²) in [5, 5.41) is 0. The Hall–Kier alpha value is -2.13. The van der Waals surface area contributed by atoms with Crippen LogP contribution in [-0.2, 0) is 0 Å². The number of Topliss-reactive ketones (excluding diaryl/α,β-unsaturated/α-hetero) is 1. The van der Waals surface area contributed by atoms with Crippen molar-refractivity contribution in [3.63, 3.8) is 0 Å². The van der Waals surface area contributed by atoms with Gasteiger partial charge in [0.15, 0.2) is 5.78 Å². The molecular formula is C18H21NO2. The highest BCUT2D eigenvalue weighted by Crippen LogP contribution is 2.23. The molecule has 0 amide bonds. The molecule has 0 bridgehead atoms. The van der Waals surface area contributed by atoms with Gasteiger partial charge in [0.25, 0.3) is 0 Å². The first-order valence-electron chi connectivity index (χ1n) is 6.99. The standard InChI is InChI=1S/C18H21NO2/c1-19(2)13-17(14-7-5-4-6-8-14)18(20)15-9-11-16(21-3)12-10-15/h4-12,17H,13H2,1-3H3/t17-/m0/s1. The Labute approximate surface area is 126 Å². The van der Waals surface area contributed by atoms with Gasteiger partial charge in [-0.15, -0.1) is 0 Å². The summed E-state index contributed by atoms with van der Waals surface area (Å²) in [4.78, 5) is 14.9. The van der Waals surface area contributed by atoms with Gasteiger partial charge in [0.1, 0.15) is 5.75 Å².